The molecule has 172 valence electrons. The van der Waals surface area contributed by atoms with E-state index in [1.165, 1.54) is 19.9 Å². The average molecular weight is 459 g/mol. The molecule has 0 radical (unpaired) electrons. The monoisotopic (exact) mass is 458 g/mol. The fourth-order valence-electron chi connectivity index (χ4n) is 3.56. The Balaban J connectivity index is 1.48. The summed E-state index contributed by atoms with van der Waals surface area (Å²) in [5.74, 6) is -0.0533. The van der Waals surface area contributed by atoms with Gasteiger partial charge in [0.05, 0.1) is 5.75 Å². The van der Waals surface area contributed by atoms with Crippen LogP contribution >= 0.6 is 0 Å². The fourth-order valence-corrected chi connectivity index (χ4v) is 4.33. The molecule has 0 aliphatic carbocycles. The number of carbonyl (C=O) groups is 2. The van der Waals surface area contributed by atoms with E-state index < -0.39 is 10.0 Å². The van der Waals surface area contributed by atoms with Crippen molar-refractivity contribution in [2.45, 2.75) is 38.0 Å². The number of likely N-dealkylation sites (tertiary alicyclic amines) is 1. The molecule has 1 aliphatic heterocycles. The third-order valence-corrected chi connectivity index (χ3v) is 6.76. The van der Waals surface area contributed by atoms with Crippen LogP contribution in [0.1, 0.15) is 47.2 Å². The molecule has 1 heterocycles. The Kier molecular flexibility index (Phi) is 8.24. The highest BCUT2D eigenvalue weighted by Gasteiger charge is 2.17. The van der Waals surface area contributed by atoms with Crippen molar-refractivity contribution in [2.24, 2.45) is 0 Å². The Morgan fingerprint density at radius 1 is 0.875 bits per heavy atom. The van der Waals surface area contributed by atoms with Crippen LogP contribution in [0.5, 0.6) is 0 Å². The highest BCUT2D eigenvalue weighted by molar-refractivity contribution is 7.88. The second-order valence-electron chi connectivity index (χ2n) is 7.87. The molecule has 3 amide bonds. The molecule has 0 bridgehead atoms. The van der Waals surface area contributed by atoms with Gasteiger partial charge < -0.3 is 15.5 Å². The van der Waals surface area contributed by atoms with E-state index in [2.05, 4.69) is 15.4 Å². The zero-order valence-electron chi connectivity index (χ0n) is 18.3. The molecule has 0 aromatic heterocycles. The molecule has 0 unspecified atom stereocenters. The van der Waals surface area contributed by atoms with Crippen LogP contribution in [0.4, 0.5) is 10.5 Å². The molecule has 8 nitrogen and oxygen atoms in total. The molecule has 0 saturated carbocycles. The topological polar surface area (TPSA) is 108 Å². The van der Waals surface area contributed by atoms with Gasteiger partial charge in [-0.2, -0.15) is 0 Å². The molecule has 3 rings (SSSR count). The van der Waals surface area contributed by atoms with Crippen LogP contribution in [0.25, 0.3) is 0 Å². The van der Waals surface area contributed by atoms with Gasteiger partial charge in [0.15, 0.2) is 0 Å². The fraction of sp³-hybridized carbons (Fsp3) is 0.391. The summed E-state index contributed by atoms with van der Waals surface area (Å²) in [6.45, 7) is 1.90. The average Bonchev–Trinajstić information content (AvgIpc) is 3.08. The number of nitrogens with zero attached hydrogens (tertiary/aromatic N) is 1. The minimum Gasteiger partial charge on any atom is -0.339 e. The van der Waals surface area contributed by atoms with E-state index >= 15 is 0 Å². The van der Waals surface area contributed by atoms with Gasteiger partial charge in [0.25, 0.3) is 5.91 Å². The van der Waals surface area contributed by atoms with Gasteiger partial charge >= 0.3 is 6.03 Å². The van der Waals surface area contributed by atoms with Crippen molar-refractivity contribution >= 4 is 27.6 Å². The van der Waals surface area contributed by atoms with Crippen LogP contribution < -0.4 is 15.4 Å². The van der Waals surface area contributed by atoms with Crippen molar-refractivity contribution in [1.29, 1.82) is 0 Å². The second-order valence-corrected chi connectivity index (χ2v) is 9.80. The zero-order chi connectivity index (χ0) is 23.0. The standard InChI is InChI=1S/C23H30N4O4S/c1-24-32(30,31)17-19-8-6-18(7-9-19)16-25-23(29)26-21-12-10-20(11-13-21)22(28)27-14-4-2-3-5-15-27/h6-13,24H,2-5,14-17H2,1H3,(H2,25,26,29). The number of sulfonamides is 1. The predicted molar refractivity (Wildman–Crippen MR) is 125 cm³/mol. The van der Waals surface area contributed by atoms with E-state index in [1.807, 2.05) is 4.90 Å². The molecule has 1 fully saturated rings. The molecule has 9 heteroatoms. The minimum atomic E-state index is -3.32. The van der Waals surface area contributed by atoms with Gasteiger partial charge in [-0.05, 0) is 55.3 Å². The number of anilines is 1. The van der Waals surface area contributed by atoms with Crippen LogP contribution in [0, 0.1) is 0 Å². The molecule has 2 aromatic rings. The Hall–Kier alpha value is -2.91. The number of carbonyl (C=O) groups excluding carboxylic acids is 2. The van der Waals surface area contributed by atoms with Crippen molar-refractivity contribution in [3.8, 4) is 0 Å². The third-order valence-electron chi connectivity index (χ3n) is 5.43. The lowest BCUT2D eigenvalue weighted by Crippen LogP contribution is -2.31. The minimum absolute atomic E-state index is 0.0360. The number of nitrogens with one attached hydrogen (secondary N) is 3. The second kappa shape index (κ2) is 11.1. The Bertz CT molecular complexity index is 1010. The summed E-state index contributed by atoms with van der Waals surface area (Å²) in [4.78, 5) is 26.8. The van der Waals surface area contributed by atoms with Gasteiger partial charge in [0, 0.05) is 30.9 Å². The number of rotatable bonds is 7. The van der Waals surface area contributed by atoms with Crippen LogP contribution in [0.2, 0.25) is 0 Å². The quantitative estimate of drug-likeness (QED) is 0.593. The van der Waals surface area contributed by atoms with Crippen molar-refractivity contribution in [2.75, 3.05) is 25.5 Å². The predicted octanol–water partition coefficient (Wildman–Crippen LogP) is 3.07. The van der Waals surface area contributed by atoms with Crippen molar-refractivity contribution in [3.63, 3.8) is 0 Å². The van der Waals surface area contributed by atoms with E-state index in [1.54, 1.807) is 48.5 Å². The lowest BCUT2D eigenvalue weighted by molar-refractivity contribution is 0.0761. The highest BCUT2D eigenvalue weighted by Crippen LogP contribution is 2.16. The van der Waals surface area contributed by atoms with Gasteiger partial charge in [-0.1, -0.05) is 37.1 Å². The molecular formula is C23H30N4O4S. The number of amides is 3. The Morgan fingerprint density at radius 3 is 2.06 bits per heavy atom. The smallest absolute Gasteiger partial charge is 0.319 e. The summed E-state index contributed by atoms with van der Waals surface area (Å²) < 4.78 is 25.5. The van der Waals surface area contributed by atoms with Gasteiger partial charge in [-0.25, -0.2) is 17.9 Å². The first-order chi connectivity index (χ1) is 15.4. The summed E-state index contributed by atoms with van der Waals surface area (Å²) in [5.41, 5.74) is 2.74. The summed E-state index contributed by atoms with van der Waals surface area (Å²) in [6, 6.07) is 13.6. The SMILES string of the molecule is CNS(=O)(=O)Cc1ccc(CNC(=O)Nc2ccc(C(=O)N3CCCCCC3)cc2)cc1. The Labute approximate surface area is 189 Å². The van der Waals surface area contributed by atoms with Crippen molar-refractivity contribution in [1.82, 2.24) is 14.9 Å². The molecule has 0 atom stereocenters. The van der Waals surface area contributed by atoms with E-state index in [9.17, 15) is 18.0 Å². The van der Waals surface area contributed by atoms with E-state index in [0.29, 0.717) is 23.4 Å². The third kappa shape index (κ3) is 7.06. The van der Waals surface area contributed by atoms with Crippen LogP contribution in [-0.4, -0.2) is 45.4 Å². The van der Waals surface area contributed by atoms with E-state index in [0.717, 1.165) is 31.5 Å². The van der Waals surface area contributed by atoms with E-state index in [4.69, 9.17) is 0 Å². The molecule has 0 spiro atoms. The van der Waals surface area contributed by atoms with E-state index in [-0.39, 0.29) is 17.7 Å². The van der Waals surface area contributed by atoms with Crippen LogP contribution in [0.15, 0.2) is 48.5 Å². The molecule has 32 heavy (non-hydrogen) atoms. The van der Waals surface area contributed by atoms with Crippen LogP contribution in [-0.2, 0) is 22.3 Å². The Morgan fingerprint density at radius 2 is 1.47 bits per heavy atom. The van der Waals surface area contributed by atoms with Gasteiger partial charge in [-0.15, -0.1) is 0 Å². The highest BCUT2D eigenvalue weighted by atomic mass is 32.2. The largest absolute Gasteiger partial charge is 0.339 e. The summed E-state index contributed by atoms with van der Waals surface area (Å²) in [7, 11) is -1.93. The summed E-state index contributed by atoms with van der Waals surface area (Å²) in [6.07, 6.45) is 4.43. The molecular weight excluding hydrogens is 428 g/mol. The molecule has 2 aromatic carbocycles. The maximum atomic E-state index is 12.7. The van der Waals surface area contributed by atoms with Crippen molar-refractivity contribution < 1.29 is 18.0 Å². The number of urea groups is 1. The first-order valence-corrected chi connectivity index (χ1v) is 12.4. The molecule has 3 N–H and O–H groups in total. The first kappa shape index (κ1) is 23.7. The molecule has 1 aliphatic rings. The number of hydrogen-bond donors (Lipinski definition) is 3. The summed E-state index contributed by atoms with van der Waals surface area (Å²) in [5, 5.41) is 5.52. The maximum Gasteiger partial charge on any atom is 0.319 e. The van der Waals surface area contributed by atoms with Gasteiger partial charge in [0.1, 0.15) is 0 Å². The molecule has 1 saturated heterocycles. The van der Waals surface area contributed by atoms with Gasteiger partial charge in [-0.3, -0.25) is 4.79 Å². The lowest BCUT2D eigenvalue weighted by atomic mass is 10.1. The maximum absolute atomic E-state index is 12.7. The lowest BCUT2D eigenvalue weighted by Gasteiger charge is -2.20. The zero-order valence-corrected chi connectivity index (χ0v) is 19.1. The van der Waals surface area contributed by atoms with Crippen molar-refractivity contribution in [3.05, 3.63) is 65.2 Å². The van der Waals surface area contributed by atoms with Crippen LogP contribution in [0.3, 0.4) is 0 Å². The first-order valence-electron chi connectivity index (χ1n) is 10.8. The normalized spacial score (nSPS) is 14.5. The number of benzene rings is 2. The number of hydrogen-bond acceptors (Lipinski definition) is 4. The van der Waals surface area contributed by atoms with Gasteiger partial charge in [0.2, 0.25) is 10.0 Å². The summed E-state index contributed by atoms with van der Waals surface area (Å²) >= 11 is 0.